The Morgan fingerprint density at radius 2 is 2.33 bits per heavy atom. The molecule has 0 aliphatic carbocycles. The zero-order chi connectivity index (χ0) is 17.1. The predicted molar refractivity (Wildman–Crippen MR) is 90.0 cm³/mol. The molecule has 2 aromatic heterocycles. The van der Waals surface area contributed by atoms with Crippen molar-refractivity contribution in [3.63, 3.8) is 0 Å². The van der Waals surface area contributed by atoms with E-state index >= 15 is 0 Å². The van der Waals surface area contributed by atoms with Crippen molar-refractivity contribution in [2.45, 2.75) is 32.9 Å². The van der Waals surface area contributed by atoms with Crippen molar-refractivity contribution < 1.29 is 9.53 Å². The fraction of sp³-hybridized carbons (Fsp3) is 0.471. The monoisotopic (exact) mass is 329 g/mol. The highest BCUT2D eigenvalue weighted by atomic mass is 16.5. The zero-order valence-electron chi connectivity index (χ0n) is 14.3. The predicted octanol–water partition coefficient (Wildman–Crippen LogP) is 1.10. The number of carbonyl (C=O) groups is 1. The van der Waals surface area contributed by atoms with Gasteiger partial charge in [-0.25, -0.2) is 0 Å². The van der Waals surface area contributed by atoms with Crippen molar-refractivity contribution in [3.8, 4) is 5.75 Å². The SMILES string of the molecule is Cc1nn(C)c(C)c1C(=O)NCc1cc(OC2CCNC2)ccn1. The quantitative estimate of drug-likeness (QED) is 0.859. The molecular formula is C17H23N5O2. The molecule has 1 aliphatic rings. The summed E-state index contributed by atoms with van der Waals surface area (Å²) in [5, 5.41) is 10.5. The van der Waals surface area contributed by atoms with Gasteiger partial charge in [-0.2, -0.15) is 5.10 Å². The molecule has 0 aromatic carbocycles. The van der Waals surface area contributed by atoms with E-state index in [4.69, 9.17) is 4.74 Å². The maximum absolute atomic E-state index is 12.4. The average molecular weight is 329 g/mol. The number of rotatable bonds is 5. The molecule has 0 bridgehead atoms. The number of nitrogens with one attached hydrogen (secondary N) is 2. The smallest absolute Gasteiger partial charge is 0.255 e. The number of hydrogen-bond acceptors (Lipinski definition) is 5. The molecule has 3 heterocycles. The molecule has 2 aromatic rings. The highest BCUT2D eigenvalue weighted by Gasteiger charge is 2.18. The van der Waals surface area contributed by atoms with Crippen molar-refractivity contribution in [2.75, 3.05) is 13.1 Å². The van der Waals surface area contributed by atoms with Crippen molar-refractivity contribution >= 4 is 5.91 Å². The van der Waals surface area contributed by atoms with Crippen LogP contribution in [0.15, 0.2) is 18.3 Å². The lowest BCUT2D eigenvalue weighted by Crippen LogP contribution is -2.24. The van der Waals surface area contributed by atoms with Gasteiger partial charge in [0.1, 0.15) is 11.9 Å². The second-order valence-electron chi connectivity index (χ2n) is 6.07. The second kappa shape index (κ2) is 7.00. The van der Waals surface area contributed by atoms with E-state index in [0.717, 1.165) is 42.3 Å². The molecule has 2 N–H and O–H groups in total. The van der Waals surface area contributed by atoms with Crippen LogP contribution in [0.5, 0.6) is 5.75 Å². The molecule has 3 rings (SSSR count). The number of carbonyl (C=O) groups excluding carboxylic acids is 1. The summed E-state index contributed by atoms with van der Waals surface area (Å²) in [5.41, 5.74) is 2.97. The maximum Gasteiger partial charge on any atom is 0.255 e. The summed E-state index contributed by atoms with van der Waals surface area (Å²) in [6, 6.07) is 3.72. The minimum absolute atomic E-state index is 0.133. The Labute approximate surface area is 141 Å². The van der Waals surface area contributed by atoms with E-state index in [1.54, 1.807) is 10.9 Å². The molecule has 1 amide bonds. The first-order chi connectivity index (χ1) is 11.5. The summed E-state index contributed by atoms with van der Waals surface area (Å²) >= 11 is 0. The van der Waals surface area contributed by atoms with Gasteiger partial charge in [0.2, 0.25) is 0 Å². The third-order valence-corrected chi connectivity index (χ3v) is 4.27. The minimum atomic E-state index is -0.133. The molecule has 0 spiro atoms. The summed E-state index contributed by atoms with van der Waals surface area (Å²) in [6.45, 7) is 5.94. The lowest BCUT2D eigenvalue weighted by molar-refractivity contribution is 0.0949. The van der Waals surface area contributed by atoms with Gasteiger partial charge in [0.25, 0.3) is 5.91 Å². The van der Waals surface area contributed by atoms with Crippen LogP contribution in [-0.4, -0.2) is 39.9 Å². The molecule has 1 atom stereocenters. The van der Waals surface area contributed by atoms with Crippen molar-refractivity contribution in [2.24, 2.45) is 7.05 Å². The average Bonchev–Trinajstić information content (AvgIpc) is 3.14. The third-order valence-electron chi connectivity index (χ3n) is 4.27. The van der Waals surface area contributed by atoms with Crippen molar-refractivity contribution in [1.82, 2.24) is 25.4 Å². The highest BCUT2D eigenvalue weighted by Crippen LogP contribution is 2.16. The number of aryl methyl sites for hydroxylation is 2. The molecule has 0 saturated carbocycles. The lowest BCUT2D eigenvalue weighted by atomic mass is 10.2. The van der Waals surface area contributed by atoms with Crippen LogP contribution < -0.4 is 15.4 Å². The van der Waals surface area contributed by atoms with Gasteiger partial charge >= 0.3 is 0 Å². The summed E-state index contributed by atoms with van der Waals surface area (Å²) in [6.07, 6.45) is 2.92. The summed E-state index contributed by atoms with van der Waals surface area (Å²) in [7, 11) is 1.83. The van der Waals surface area contributed by atoms with Gasteiger partial charge in [0, 0.05) is 31.5 Å². The Morgan fingerprint density at radius 3 is 3.00 bits per heavy atom. The molecule has 1 fully saturated rings. The van der Waals surface area contributed by atoms with Crippen molar-refractivity contribution in [3.05, 3.63) is 41.0 Å². The van der Waals surface area contributed by atoms with Crippen molar-refractivity contribution in [1.29, 1.82) is 0 Å². The van der Waals surface area contributed by atoms with Crippen LogP contribution in [0.2, 0.25) is 0 Å². The Balaban J connectivity index is 1.62. The number of ether oxygens (including phenoxy) is 1. The summed E-state index contributed by atoms with van der Waals surface area (Å²) in [4.78, 5) is 16.7. The van der Waals surface area contributed by atoms with Crippen LogP contribution in [0.3, 0.4) is 0 Å². The molecule has 7 nitrogen and oxygen atoms in total. The number of aromatic nitrogens is 3. The second-order valence-corrected chi connectivity index (χ2v) is 6.07. The Hall–Kier alpha value is -2.41. The topological polar surface area (TPSA) is 81.1 Å². The van der Waals surface area contributed by atoms with Gasteiger partial charge in [0.05, 0.1) is 23.5 Å². The molecular weight excluding hydrogens is 306 g/mol. The van der Waals surface area contributed by atoms with Crippen LogP contribution in [0.25, 0.3) is 0 Å². The van der Waals surface area contributed by atoms with Crippen LogP contribution in [0.4, 0.5) is 0 Å². The van der Waals surface area contributed by atoms with E-state index in [9.17, 15) is 4.79 Å². The minimum Gasteiger partial charge on any atom is -0.489 e. The largest absolute Gasteiger partial charge is 0.489 e. The first-order valence-corrected chi connectivity index (χ1v) is 8.15. The Bertz CT molecular complexity index is 735. The van der Waals surface area contributed by atoms with Crippen LogP contribution >= 0.6 is 0 Å². The summed E-state index contributed by atoms with van der Waals surface area (Å²) in [5.74, 6) is 0.655. The molecule has 0 radical (unpaired) electrons. The molecule has 24 heavy (non-hydrogen) atoms. The molecule has 1 unspecified atom stereocenters. The van der Waals surface area contributed by atoms with Crippen LogP contribution in [0.1, 0.15) is 33.9 Å². The maximum atomic E-state index is 12.4. The molecule has 1 saturated heterocycles. The van der Waals surface area contributed by atoms with Gasteiger partial charge in [-0.05, 0) is 32.9 Å². The van der Waals surface area contributed by atoms with E-state index < -0.39 is 0 Å². The van der Waals surface area contributed by atoms with Crippen LogP contribution in [0, 0.1) is 13.8 Å². The fourth-order valence-electron chi connectivity index (χ4n) is 2.91. The van der Waals surface area contributed by atoms with E-state index in [-0.39, 0.29) is 12.0 Å². The number of nitrogens with zero attached hydrogens (tertiary/aromatic N) is 3. The first-order valence-electron chi connectivity index (χ1n) is 8.15. The Kier molecular flexibility index (Phi) is 4.80. The number of hydrogen-bond donors (Lipinski definition) is 2. The first kappa shape index (κ1) is 16.4. The van der Waals surface area contributed by atoms with Crippen LogP contribution in [-0.2, 0) is 13.6 Å². The molecule has 7 heteroatoms. The van der Waals surface area contributed by atoms with E-state index in [1.807, 2.05) is 33.0 Å². The van der Waals surface area contributed by atoms with Gasteiger partial charge < -0.3 is 15.4 Å². The van der Waals surface area contributed by atoms with Gasteiger partial charge in [-0.3, -0.25) is 14.5 Å². The fourth-order valence-corrected chi connectivity index (χ4v) is 2.91. The van der Waals surface area contributed by atoms with E-state index in [2.05, 4.69) is 20.7 Å². The standard InChI is InChI=1S/C17H23N5O2/c1-11-16(12(2)22(3)21-11)17(23)20-9-13-8-14(5-7-19-13)24-15-4-6-18-10-15/h5,7-8,15,18H,4,6,9-10H2,1-3H3,(H,20,23). The van der Waals surface area contributed by atoms with Gasteiger partial charge in [-0.15, -0.1) is 0 Å². The van der Waals surface area contributed by atoms with E-state index in [0.29, 0.717) is 12.1 Å². The van der Waals surface area contributed by atoms with Gasteiger partial charge in [0.15, 0.2) is 0 Å². The number of pyridine rings is 1. The zero-order valence-corrected chi connectivity index (χ0v) is 14.3. The third kappa shape index (κ3) is 3.56. The normalized spacial score (nSPS) is 17.0. The highest BCUT2D eigenvalue weighted by molar-refractivity contribution is 5.96. The summed E-state index contributed by atoms with van der Waals surface area (Å²) < 4.78 is 7.64. The number of amides is 1. The lowest BCUT2D eigenvalue weighted by Gasteiger charge is -2.13. The molecule has 1 aliphatic heterocycles. The van der Waals surface area contributed by atoms with E-state index in [1.165, 1.54) is 0 Å². The Morgan fingerprint density at radius 1 is 1.50 bits per heavy atom. The molecule has 128 valence electrons. The van der Waals surface area contributed by atoms with Gasteiger partial charge in [-0.1, -0.05) is 0 Å².